The SMILES string of the molecule is CCOC(=O)c1ccc(NC(=O)NCc2ccccc2Cn2ccnc2)cc1. The third kappa shape index (κ3) is 5.20. The second-order valence-electron chi connectivity index (χ2n) is 6.11. The second-order valence-corrected chi connectivity index (χ2v) is 6.11. The summed E-state index contributed by atoms with van der Waals surface area (Å²) in [5.74, 6) is -0.381. The number of hydrogen-bond donors (Lipinski definition) is 2. The molecular weight excluding hydrogens is 356 g/mol. The van der Waals surface area contributed by atoms with Crippen LogP contribution in [-0.4, -0.2) is 28.2 Å². The lowest BCUT2D eigenvalue weighted by molar-refractivity contribution is 0.0526. The Morgan fingerprint density at radius 3 is 2.50 bits per heavy atom. The molecule has 2 amide bonds. The smallest absolute Gasteiger partial charge is 0.338 e. The highest BCUT2D eigenvalue weighted by Crippen LogP contribution is 2.12. The van der Waals surface area contributed by atoms with Gasteiger partial charge in [-0.3, -0.25) is 0 Å². The number of benzene rings is 2. The zero-order valence-corrected chi connectivity index (χ0v) is 15.6. The van der Waals surface area contributed by atoms with Gasteiger partial charge in [-0.15, -0.1) is 0 Å². The van der Waals surface area contributed by atoms with Crippen LogP contribution in [0.3, 0.4) is 0 Å². The molecule has 0 atom stereocenters. The molecule has 0 saturated carbocycles. The molecule has 3 aromatic rings. The highest BCUT2D eigenvalue weighted by atomic mass is 16.5. The topological polar surface area (TPSA) is 85.2 Å². The first kappa shape index (κ1) is 19.2. The first-order valence-corrected chi connectivity index (χ1v) is 9.00. The van der Waals surface area contributed by atoms with E-state index in [1.165, 1.54) is 0 Å². The Bertz CT molecular complexity index is 921. The maximum Gasteiger partial charge on any atom is 0.338 e. The monoisotopic (exact) mass is 378 g/mol. The van der Waals surface area contributed by atoms with Crippen molar-refractivity contribution in [2.24, 2.45) is 0 Å². The van der Waals surface area contributed by atoms with E-state index in [1.54, 1.807) is 43.7 Å². The summed E-state index contributed by atoms with van der Waals surface area (Å²) in [7, 11) is 0. The molecule has 144 valence electrons. The largest absolute Gasteiger partial charge is 0.462 e. The Morgan fingerprint density at radius 1 is 1.07 bits per heavy atom. The number of anilines is 1. The van der Waals surface area contributed by atoms with Crippen molar-refractivity contribution < 1.29 is 14.3 Å². The molecule has 0 saturated heterocycles. The third-order valence-corrected chi connectivity index (χ3v) is 4.12. The summed E-state index contributed by atoms with van der Waals surface area (Å²) in [5.41, 5.74) is 3.18. The molecule has 0 aliphatic rings. The van der Waals surface area contributed by atoms with E-state index in [-0.39, 0.29) is 12.0 Å². The number of esters is 1. The fraction of sp³-hybridized carbons (Fsp3) is 0.190. The second kappa shape index (κ2) is 9.36. The number of hydrogen-bond acceptors (Lipinski definition) is 4. The van der Waals surface area contributed by atoms with E-state index in [0.29, 0.717) is 30.9 Å². The molecule has 0 aliphatic heterocycles. The molecule has 1 aromatic heterocycles. The Balaban J connectivity index is 1.55. The van der Waals surface area contributed by atoms with Crippen LogP contribution in [0.4, 0.5) is 10.5 Å². The van der Waals surface area contributed by atoms with Crippen LogP contribution in [0.25, 0.3) is 0 Å². The van der Waals surface area contributed by atoms with Crippen molar-refractivity contribution in [3.63, 3.8) is 0 Å². The summed E-state index contributed by atoms with van der Waals surface area (Å²) in [5, 5.41) is 5.62. The lowest BCUT2D eigenvalue weighted by atomic mass is 10.1. The summed E-state index contributed by atoms with van der Waals surface area (Å²) in [6, 6.07) is 14.2. The molecule has 1 heterocycles. The molecule has 0 bridgehead atoms. The first-order valence-electron chi connectivity index (χ1n) is 9.00. The van der Waals surface area contributed by atoms with E-state index in [9.17, 15) is 9.59 Å². The van der Waals surface area contributed by atoms with E-state index in [2.05, 4.69) is 15.6 Å². The summed E-state index contributed by atoms with van der Waals surface area (Å²) in [4.78, 5) is 27.9. The van der Waals surface area contributed by atoms with Gasteiger partial charge in [0.25, 0.3) is 0 Å². The van der Waals surface area contributed by atoms with Crippen molar-refractivity contribution in [3.05, 3.63) is 83.9 Å². The minimum absolute atomic E-state index is 0.318. The molecule has 0 fully saturated rings. The molecule has 3 rings (SSSR count). The number of carbonyl (C=O) groups excluding carboxylic acids is 2. The molecule has 2 aromatic carbocycles. The molecule has 0 radical (unpaired) electrons. The van der Waals surface area contributed by atoms with Crippen molar-refractivity contribution in [3.8, 4) is 0 Å². The Labute approximate surface area is 163 Å². The van der Waals surface area contributed by atoms with Crippen LogP contribution in [0.5, 0.6) is 0 Å². The van der Waals surface area contributed by atoms with Crippen molar-refractivity contribution in [2.75, 3.05) is 11.9 Å². The van der Waals surface area contributed by atoms with E-state index in [1.807, 2.05) is 35.0 Å². The predicted molar refractivity (Wildman–Crippen MR) is 106 cm³/mol. The number of nitrogens with zero attached hydrogens (tertiary/aromatic N) is 2. The van der Waals surface area contributed by atoms with Gasteiger partial charge in [-0.1, -0.05) is 24.3 Å². The zero-order valence-electron chi connectivity index (χ0n) is 15.6. The van der Waals surface area contributed by atoms with Crippen molar-refractivity contribution in [1.82, 2.24) is 14.9 Å². The van der Waals surface area contributed by atoms with E-state index in [0.717, 1.165) is 11.1 Å². The number of rotatable bonds is 7. The fourth-order valence-corrected chi connectivity index (χ4v) is 2.72. The Kier molecular flexibility index (Phi) is 6.41. The van der Waals surface area contributed by atoms with E-state index in [4.69, 9.17) is 4.74 Å². The number of urea groups is 1. The van der Waals surface area contributed by atoms with E-state index >= 15 is 0 Å². The third-order valence-electron chi connectivity index (χ3n) is 4.12. The molecule has 28 heavy (non-hydrogen) atoms. The van der Waals surface area contributed by atoms with Crippen molar-refractivity contribution in [2.45, 2.75) is 20.0 Å². The van der Waals surface area contributed by atoms with Crippen LogP contribution in [-0.2, 0) is 17.8 Å². The number of ether oxygens (including phenoxy) is 1. The Morgan fingerprint density at radius 2 is 1.82 bits per heavy atom. The van der Waals surface area contributed by atoms with E-state index < -0.39 is 0 Å². The number of imidazole rings is 1. The molecular formula is C21H22N4O3. The molecule has 0 spiro atoms. The number of amides is 2. The molecule has 7 nitrogen and oxygen atoms in total. The first-order chi connectivity index (χ1) is 13.7. The van der Waals surface area contributed by atoms with Gasteiger partial charge in [0.05, 0.1) is 18.5 Å². The molecule has 0 aliphatic carbocycles. The van der Waals surface area contributed by atoms with Gasteiger partial charge in [0.2, 0.25) is 0 Å². The molecule has 0 unspecified atom stereocenters. The summed E-state index contributed by atoms with van der Waals surface area (Å²) in [6.07, 6.45) is 5.40. The van der Waals surface area contributed by atoms with Gasteiger partial charge in [0.1, 0.15) is 0 Å². The highest BCUT2D eigenvalue weighted by Gasteiger charge is 2.08. The maximum atomic E-state index is 12.2. The summed E-state index contributed by atoms with van der Waals surface area (Å²) in [6.45, 7) is 3.17. The minimum atomic E-state index is -0.381. The van der Waals surface area contributed by atoms with Gasteiger partial charge in [-0.25, -0.2) is 14.6 Å². The van der Waals surface area contributed by atoms with Crippen LogP contribution in [0.1, 0.15) is 28.4 Å². The van der Waals surface area contributed by atoms with Crippen LogP contribution in [0.2, 0.25) is 0 Å². The average molecular weight is 378 g/mol. The van der Waals surface area contributed by atoms with Crippen LogP contribution in [0.15, 0.2) is 67.3 Å². The number of carbonyl (C=O) groups is 2. The Hall–Kier alpha value is -3.61. The van der Waals surface area contributed by atoms with Crippen LogP contribution in [0, 0.1) is 0 Å². The fourth-order valence-electron chi connectivity index (χ4n) is 2.72. The molecule has 2 N–H and O–H groups in total. The van der Waals surface area contributed by atoms with Gasteiger partial charge < -0.3 is 19.9 Å². The lowest BCUT2D eigenvalue weighted by Gasteiger charge is -2.12. The molecule has 7 heteroatoms. The standard InChI is InChI=1S/C21H22N4O3/c1-2-28-20(26)16-7-9-19(10-8-16)24-21(27)23-13-17-5-3-4-6-18(17)14-25-12-11-22-15-25/h3-12,15H,2,13-14H2,1H3,(H2,23,24,27). The number of nitrogens with one attached hydrogen (secondary N) is 2. The van der Waals surface area contributed by atoms with Gasteiger partial charge in [0.15, 0.2) is 0 Å². The van der Waals surface area contributed by atoms with Gasteiger partial charge in [0, 0.05) is 31.2 Å². The van der Waals surface area contributed by atoms with Crippen molar-refractivity contribution in [1.29, 1.82) is 0 Å². The maximum absolute atomic E-state index is 12.2. The van der Waals surface area contributed by atoms with Gasteiger partial charge >= 0.3 is 12.0 Å². The minimum Gasteiger partial charge on any atom is -0.462 e. The predicted octanol–water partition coefficient (Wildman–Crippen LogP) is 3.43. The average Bonchev–Trinajstić information content (AvgIpc) is 3.21. The normalized spacial score (nSPS) is 10.3. The van der Waals surface area contributed by atoms with Crippen LogP contribution < -0.4 is 10.6 Å². The summed E-state index contributed by atoms with van der Waals surface area (Å²) >= 11 is 0. The highest BCUT2D eigenvalue weighted by molar-refractivity contribution is 5.92. The zero-order chi connectivity index (χ0) is 19.8. The summed E-state index contributed by atoms with van der Waals surface area (Å²) < 4.78 is 6.92. The quantitative estimate of drug-likeness (QED) is 0.617. The lowest BCUT2D eigenvalue weighted by Crippen LogP contribution is -2.28. The van der Waals surface area contributed by atoms with Crippen molar-refractivity contribution >= 4 is 17.7 Å². The van der Waals surface area contributed by atoms with Gasteiger partial charge in [-0.05, 0) is 42.3 Å². The van der Waals surface area contributed by atoms with Gasteiger partial charge in [-0.2, -0.15) is 0 Å². The van der Waals surface area contributed by atoms with Crippen LogP contribution >= 0.6 is 0 Å². The number of aromatic nitrogens is 2.